The van der Waals surface area contributed by atoms with Gasteiger partial charge in [-0.05, 0) is 39.7 Å². The zero-order chi connectivity index (χ0) is 15.1. The topological polar surface area (TPSA) is 28.2 Å². The van der Waals surface area contributed by atoms with Crippen molar-refractivity contribution in [1.82, 2.24) is 10.3 Å². The second-order valence-corrected chi connectivity index (χ2v) is 7.08. The van der Waals surface area contributed by atoms with Crippen LogP contribution < -0.4 is 10.2 Å². The predicted molar refractivity (Wildman–Crippen MR) is 90.8 cm³/mol. The van der Waals surface area contributed by atoms with Gasteiger partial charge in [0, 0.05) is 24.0 Å². The molecular formula is C16H31N3S. The Morgan fingerprint density at radius 2 is 1.90 bits per heavy atom. The molecule has 0 atom stereocenters. The van der Waals surface area contributed by atoms with Crippen LogP contribution in [0.1, 0.15) is 58.5 Å². The molecule has 0 aliphatic heterocycles. The van der Waals surface area contributed by atoms with Crippen LogP contribution in [0, 0.1) is 5.92 Å². The summed E-state index contributed by atoms with van der Waals surface area (Å²) in [6.45, 7) is 16.5. The molecule has 0 aromatic carbocycles. The molecule has 0 spiro atoms. The van der Waals surface area contributed by atoms with Crippen molar-refractivity contribution in [3.05, 3.63) is 10.6 Å². The van der Waals surface area contributed by atoms with Gasteiger partial charge in [-0.25, -0.2) is 4.98 Å². The standard InChI is InChI=1S/C16H31N3S/c1-7-9-14-15(11-17-10-12(3)4)20-16(18-14)19(8-2)13(5)6/h12-13,17H,7-11H2,1-6H3. The molecule has 1 heterocycles. The fraction of sp³-hybridized carbons (Fsp3) is 0.812. The molecule has 0 bridgehead atoms. The first kappa shape index (κ1) is 17.4. The maximum atomic E-state index is 4.89. The van der Waals surface area contributed by atoms with Gasteiger partial charge >= 0.3 is 0 Å². The Morgan fingerprint density at radius 1 is 1.20 bits per heavy atom. The molecule has 0 saturated heterocycles. The van der Waals surface area contributed by atoms with Crippen LogP contribution in [0.2, 0.25) is 0 Å². The second kappa shape index (κ2) is 8.63. The third-order valence-corrected chi connectivity index (χ3v) is 4.44. The first-order valence-corrected chi connectivity index (χ1v) is 8.77. The summed E-state index contributed by atoms with van der Waals surface area (Å²) in [5.41, 5.74) is 1.29. The lowest BCUT2D eigenvalue weighted by atomic mass is 10.2. The van der Waals surface area contributed by atoms with Gasteiger partial charge < -0.3 is 10.2 Å². The van der Waals surface area contributed by atoms with Crippen LogP contribution in [0.15, 0.2) is 0 Å². The molecule has 0 fully saturated rings. The summed E-state index contributed by atoms with van der Waals surface area (Å²) in [5.74, 6) is 0.694. The van der Waals surface area contributed by atoms with Crippen LogP contribution in [0.5, 0.6) is 0 Å². The van der Waals surface area contributed by atoms with E-state index < -0.39 is 0 Å². The van der Waals surface area contributed by atoms with E-state index >= 15 is 0 Å². The predicted octanol–water partition coefficient (Wildman–Crippen LogP) is 4.08. The highest BCUT2D eigenvalue weighted by Crippen LogP contribution is 2.28. The number of nitrogens with zero attached hydrogens (tertiary/aromatic N) is 2. The van der Waals surface area contributed by atoms with Crippen LogP contribution in [0.4, 0.5) is 5.13 Å². The Balaban J connectivity index is 2.83. The van der Waals surface area contributed by atoms with Crippen molar-refractivity contribution >= 4 is 16.5 Å². The summed E-state index contributed by atoms with van der Waals surface area (Å²) in [6, 6.07) is 0.511. The van der Waals surface area contributed by atoms with Crippen LogP contribution in [0.25, 0.3) is 0 Å². The molecule has 1 aromatic heterocycles. The van der Waals surface area contributed by atoms with E-state index in [4.69, 9.17) is 4.98 Å². The van der Waals surface area contributed by atoms with E-state index in [2.05, 4.69) is 51.8 Å². The number of rotatable bonds is 9. The first-order chi connectivity index (χ1) is 9.49. The van der Waals surface area contributed by atoms with Crippen molar-refractivity contribution in [3.63, 3.8) is 0 Å². The van der Waals surface area contributed by atoms with Gasteiger partial charge in [-0.2, -0.15) is 0 Å². The summed E-state index contributed by atoms with van der Waals surface area (Å²) < 4.78 is 0. The summed E-state index contributed by atoms with van der Waals surface area (Å²) >= 11 is 1.86. The highest BCUT2D eigenvalue weighted by Gasteiger charge is 2.16. The van der Waals surface area contributed by atoms with Gasteiger partial charge in [0.2, 0.25) is 0 Å². The van der Waals surface area contributed by atoms with E-state index in [0.717, 1.165) is 32.5 Å². The van der Waals surface area contributed by atoms with E-state index in [1.165, 1.54) is 15.7 Å². The van der Waals surface area contributed by atoms with E-state index in [1.54, 1.807) is 0 Å². The SMILES string of the molecule is CCCc1nc(N(CC)C(C)C)sc1CNCC(C)C. The second-order valence-electron chi connectivity index (χ2n) is 6.02. The fourth-order valence-corrected chi connectivity index (χ4v) is 3.53. The Bertz CT molecular complexity index is 385. The Kier molecular flexibility index (Phi) is 7.52. The van der Waals surface area contributed by atoms with Crippen molar-refractivity contribution < 1.29 is 0 Å². The van der Waals surface area contributed by atoms with Crippen molar-refractivity contribution in [2.24, 2.45) is 5.92 Å². The summed E-state index contributed by atoms with van der Waals surface area (Å²) in [4.78, 5) is 8.70. The maximum Gasteiger partial charge on any atom is 0.186 e. The quantitative estimate of drug-likeness (QED) is 0.744. The summed E-state index contributed by atoms with van der Waals surface area (Å²) in [6.07, 6.45) is 2.25. The average Bonchev–Trinajstić information content (AvgIpc) is 2.73. The minimum Gasteiger partial charge on any atom is -0.346 e. The number of aryl methyl sites for hydroxylation is 1. The molecule has 0 radical (unpaired) electrons. The fourth-order valence-electron chi connectivity index (χ4n) is 2.26. The van der Waals surface area contributed by atoms with Crippen LogP contribution in [-0.4, -0.2) is 24.1 Å². The highest BCUT2D eigenvalue weighted by molar-refractivity contribution is 7.15. The van der Waals surface area contributed by atoms with Gasteiger partial charge in [0.1, 0.15) is 0 Å². The molecule has 0 saturated carbocycles. The van der Waals surface area contributed by atoms with Crippen molar-refractivity contribution in [2.45, 2.75) is 67.0 Å². The molecule has 0 amide bonds. The number of anilines is 1. The van der Waals surface area contributed by atoms with Crippen molar-refractivity contribution in [1.29, 1.82) is 0 Å². The minimum atomic E-state index is 0.511. The number of thiazole rings is 1. The van der Waals surface area contributed by atoms with Crippen molar-refractivity contribution in [2.75, 3.05) is 18.0 Å². The largest absolute Gasteiger partial charge is 0.346 e. The number of nitrogens with one attached hydrogen (secondary N) is 1. The molecule has 0 aliphatic rings. The summed E-state index contributed by atoms with van der Waals surface area (Å²) in [7, 11) is 0. The third kappa shape index (κ3) is 5.06. The molecule has 1 N–H and O–H groups in total. The summed E-state index contributed by atoms with van der Waals surface area (Å²) in [5, 5.41) is 4.74. The first-order valence-electron chi connectivity index (χ1n) is 7.95. The Morgan fingerprint density at radius 3 is 2.40 bits per heavy atom. The highest BCUT2D eigenvalue weighted by atomic mass is 32.1. The zero-order valence-electron chi connectivity index (χ0n) is 14.0. The van der Waals surface area contributed by atoms with Gasteiger partial charge in [-0.3, -0.25) is 0 Å². The van der Waals surface area contributed by atoms with Crippen molar-refractivity contribution in [3.8, 4) is 0 Å². The molecule has 1 rings (SSSR count). The van der Waals surface area contributed by atoms with Gasteiger partial charge in [0.15, 0.2) is 5.13 Å². The van der Waals surface area contributed by atoms with E-state index in [1.807, 2.05) is 11.3 Å². The lowest BCUT2D eigenvalue weighted by molar-refractivity contribution is 0.553. The minimum absolute atomic E-state index is 0.511. The van der Waals surface area contributed by atoms with Gasteiger partial charge in [0.25, 0.3) is 0 Å². The molecule has 0 aliphatic carbocycles. The molecule has 3 nitrogen and oxygen atoms in total. The lowest BCUT2D eigenvalue weighted by Crippen LogP contribution is -2.30. The van der Waals surface area contributed by atoms with Gasteiger partial charge in [0.05, 0.1) is 5.69 Å². The Hall–Kier alpha value is -0.610. The maximum absolute atomic E-state index is 4.89. The van der Waals surface area contributed by atoms with E-state index in [9.17, 15) is 0 Å². The molecule has 4 heteroatoms. The molecule has 0 unspecified atom stereocenters. The van der Waals surface area contributed by atoms with Crippen LogP contribution in [0.3, 0.4) is 0 Å². The zero-order valence-corrected chi connectivity index (χ0v) is 14.8. The van der Waals surface area contributed by atoms with Gasteiger partial charge in [-0.1, -0.05) is 27.2 Å². The molecule has 116 valence electrons. The van der Waals surface area contributed by atoms with Crippen LogP contribution in [-0.2, 0) is 13.0 Å². The number of hydrogen-bond donors (Lipinski definition) is 1. The van der Waals surface area contributed by atoms with Crippen LogP contribution >= 0.6 is 11.3 Å². The van der Waals surface area contributed by atoms with E-state index in [0.29, 0.717) is 12.0 Å². The number of aromatic nitrogens is 1. The van der Waals surface area contributed by atoms with Gasteiger partial charge in [-0.15, -0.1) is 11.3 Å². The molecular weight excluding hydrogens is 266 g/mol. The average molecular weight is 298 g/mol. The molecule has 1 aromatic rings. The molecule has 20 heavy (non-hydrogen) atoms. The monoisotopic (exact) mass is 297 g/mol. The number of hydrogen-bond acceptors (Lipinski definition) is 4. The lowest BCUT2D eigenvalue weighted by Gasteiger charge is -2.24. The van der Waals surface area contributed by atoms with E-state index in [-0.39, 0.29) is 0 Å². The smallest absolute Gasteiger partial charge is 0.186 e. The third-order valence-electron chi connectivity index (χ3n) is 3.30. The Labute approximate surface area is 128 Å². The normalized spacial score (nSPS) is 11.6.